The first kappa shape index (κ1) is 20.5. The quantitative estimate of drug-likeness (QED) is 0.351. The SMILES string of the molecule is Cc1c(CCC(=O)NCCCn2ccnc2)c(=O)oc2cc3oc4c(c3cc12)CCCC4. The molecule has 1 amide bonds. The zero-order valence-electron chi connectivity index (χ0n) is 18.3. The standard InChI is InChI=1S/C25H27N3O4/c1-16-17(7-8-24(29)27-9-4-11-28-12-10-26-15-28)25(30)32-22-14-23-20(13-19(16)22)18-5-2-3-6-21(18)31-23/h10,12-15H,2-9,11H2,1H3,(H,27,29). The highest BCUT2D eigenvalue weighted by Gasteiger charge is 2.20. The summed E-state index contributed by atoms with van der Waals surface area (Å²) in [5, 5.41) is 4.96. The lowest BCUT2D eigenvalue weighted by Gasteiger charge is -2.10. The Bertz CT molecular complexity index is 1330. The van der Waals surface area contributed by atoms with E-state index in [0.29, 0.717) is 24.1 Å². The van der Waals surface area contributed by atoms with Crippen molar-refractivity contribution in [3.05, 3.63) is 63.7 Å². The number of carbonyl (C=O) groups excluding carboxylic acids is 1. The Balaban J connectivity index is 1.30. The maximum Gasteiger partial charge on any atom is 0.339 e. The number of hydrogen-bond donors (Lipinski definition) is 1. The van der Waals surface area contributed by atoms with Gasteiger partial charge in [0.25, 0.3) is 0 Å². The van der Waals surface area contributed by atoms with E-state index < -0.39 is 0 Å². The Labute approximate surface area is 185 Å². The number of imidazole rings is 1. The van der Waals surface area contributed by atoms with Gasteiger partial charge < -0.3 is 18.7 Å². The second kappa shape index (κ2) is 8.65. The van der Waals surface area contributed by atoms with Crippen molar-refractivity contribution in [1.29, 1.82) is 0 Å². The van der Waals surface area contributed by atoms with Gasteiger partial charge in [0.1, 0.15) is 16.9 Å². The predicted octanol–water partition coefficient (Wildman–Crippen LogP) is 4.06. The summed E-state index contributed by atoms with van der Waals surface area (Å²) < 4.78 is 13.6. The first-order valence-corrected chi connectivity index (χ1v) is 11.3. The summed E-state index contributed by atoms with van der Waals surface area (Å²) in [7, 11) is 0. The lowest BCUT2D eigenvalue weighted by molar-refractivity contribution is -0.121. The Kier molecular flexibility index (Phi) is 5.55. The Morgan fingerprint density at radius 3 is 2.84 bits per heavy atom. The van der Waals surface area contributed by atoms with Gasteiger partial charge in [0.15, 0.2) is 0 Å². The smallest absolute Gasteiger partial charge is 0.339 e. The fourth-order valence-electron chi connectivity index (χ4n) is 4.67. The van der Waals surface area contributed by atoms with E-state index in [1.54, 1.807) is 12.5 Å². The van der Waals surface area contributed by atoms with E-state index in [9.17, 15) is 9.59 Å². The molecule has 5 rings (SSSR count). The number of fused-ring (bicyclic) bond motifs is 4. The number of aryl methyl sites for hydroxylation is 4. The van der Waals surface area contributed by atoms with E-state index in [1.807, 2.05) is 23.8 Å². The summed E-state index contributed by atoms with van der Waals surface area (Å²) in [4.78, 5) is 28.9. The number of nitrogens with one attached hydrogen (secondary N) is 1. The zero-order chi connectivity index (χ0) is 22.1. The molecular formula is C25H27N3O4. The zero-order valence-corrected chi connectivity index (χ0v) is 18.3. The first-order valence-electron chi connectivity index (χ1n) is 11.3. The van der Waals surface area contributed by atoms with Gasteiger partial charge in [-0.1, -0.05) is 0 Å². The number of rotatable bonds is 7. The molecule has 3 aromatic heterocycles. The average molecular weight is 434 g/mol. The number of carbonyl (C=O) groups is 1. The van der Waals surface area contributed by atoms with Gasteiger partial charge in [-0.25, -0.2) is 9.78 Å². The van der Waals surface area contributed by atoms with E-state index in [4.69, 9.17) is 8.83 Å². The molecule has 7 heteroatoms. The summed E-state index contributed by atoms with van der Waals surface area (Å²) in [6, 6.07) is 3.93. The second-order valence-electron chi connectivity index (χ2n) is 8.55. The molecule has 0 saturated carbocycles. The first-order chi connectivity index (χ1) is 15.6. The van der Waals surface area contributed by atoms with E-state index in [2.05, 4.69) is 16.4 Å². The van der Waals surface area contributed by atoms with Gasteiger partial charge in [0.2, 0.25) is 5.91 Å². The van der Waals surface area contributed by atoms with Crippen LogP contribution in [0.3, 0.4) is 0 Å². The van der Waals surface area contributed by atoms with Crippen LogP contribution in [0.15, 0.2) is 44.5 Å². The van der Waals surface area contributed by atoms with Crippen LogP contribution in [0.5, 0.6) is 0 Å². The lowest BCUT2D eigenvalue weighted by Crippen LogP contribution is -2.26. The van der Waals surface area contributed by atoms with E-state index in [-0.39, 0.29) is 18.0 Å². The molecule has 0 atom stereocenters. The van der Waals surface area contributed by atoms with Gasteiger partial charge in [-0.15, -0.1) is 0 Å². The van der Waals surface area contributed by atoms with Gasteiger partial charge in [0.05, 0.1) is 6.33 Å². The summed E-state index contributed by atoms with van der Waals surface area (Å²) in [5.41, 5.74) is 3.70. The highest BCUT2D eigenvalue weighted by molar-refractivity contribution is 5.97. The fraction of sp³-hybridized carbons (Fsp3) is 0.400. The highest BCUT2D eigenvalue weighted by Crippen LogP contribution is 2.35. The largest absolute Gasteiger partial charge is 0.461 e. The third-order valence-corrected chi connectivity index (χ3v) is 6.44. The molecule has 32 heavy (non-hydrogen) atoms. The molecule has 0 fully saturated rings. The van der Waals surface area contributed by atoms with Crippen LogP contribution in [-0.4, -0.2) is 22.0 Å². The van der Waals surface area contributed by atoms with Crippen LogP contribution in [0.4, 0.5) is 0 Å². The Hall–Kier alpha value is -3.35. The van der Waals surface area contributed by atoms with Crippen LogP contribution in [0, 0.1) is 6.92 Å². The second-order valence-corrected chi connectivity index (χ2v) is 8.55. The van der Waals surface area contributed by atoms with Crippen molar-refractivity contribution in [1.82, 2.24) is 14.9 Å². The van der Waals surface area contributed by atoms with Gasteiger partial charge in [-0.3, -0.25) is 4.79 Å². The third kappa shape index (κ3) is 3.95. The van der Waals surface area contributed by atoms with Crippen molar-refractivity contribution >= 4 is 27.8 Å². The molecule has 1 aromatic carbocycles. The fourth-order valence-corrected chi connectivity index (χ4v) is 4.67. The molecule has 0 saturated heterocycles. The number of furan rings is 1. The van der Waals surface area contributed by atoms with Gasteiger partial charge in [0, 0.05) is 66.3 Å². The topological polar surface area (TPSA) is 90.3 Å². The molecule has 3 heterocycles. The monoisotopic (exact) mass is 433 g/mol. The third-order valence-electron chi connectivity index (χ3n) is 6.44. The van der Waals surface area contributed by atoms with E-state index >= 15 is 0 Å². The summed E-state index contributed by atoms with van der Waals surface area (Å²) in [6.07, 6.45) is 11.1. The molecule has 4 aromatic rings. The maximum atomic E-state index is 12.7. The van der Waals surface area contributed by atoms with E-state index in [0.717, 1.165) is 59.9 Å². The number of nitrogens with zero attached hydrogens (tertiary/aromatic N) is 2. The molecule has 0 bridgehead atoms. The van der Waals surface area contributed by atoms with Crippen LogP contribution in [0.25, 0.3) is 21.9 Å². The molecule has 1 N–H and O–H groups in total. The van der Waals surface area contributed by atoms with Crippen LogP contribution in [-0.2, 0) is 30.6 Å². The van der Waals surface area contributed by atoms with Gasteiger partial charge in [-0.2, -0.15) is 0 Å². The van der Waals surface area contributed by atoms with Crippen LogP contribution in [0.1, 0.15) is 48.1 Å². The van der Waals surface area contributed by atoms with Crippen molar-refractivity contribution < 1.29 is 13.6 Å². The summed E-state index contributed by atoms with van der Waals surface area (Å²) >= 11 is 0. The Morgan fingerprint density at radius 2 is 2.00 bits per heavy atom. The van der Waals surface area contributed by atoms with Crippen LogP contribution >= 0.6 is 0 Å². The molecule has 1 aliphatic rings. The molecule has 0 unspecified atom stereocenters. The molecule has 0 aliphatic heterocycles. The number of benzene rings is 1. The summed E-state index contributed by atoms with van der Waals surface area (Å²) in [5.74, 6) is 1.00. The maximum absolute atomic E-state index is 12.7. The predicted molar refractivity (Wildman–Crippen MR) is 122 cm³/mol. The number of amides is 1. The van der Waals surface area contributed by atoms with E-state index in [1.165, 1.54) is 12.0 Å². The molecule has 7 nitrogen and oxygen atoms in total. The molecular weight excluding hydrogens is 406 g/mol. The van der Waals surface area contributed by atoms with Gasteiger partial charge in [-0.05, 0) is 50.7 Å². The minimum absolute atomic E-state index is 0.0612. The lowest BCUT2D eigenvalue weighted by atomic mass is 9.94. The van der Waals surface area contributed by atoms with Crippen LogP contribution in [0.2, 0.25) is 0 Å². The summed E-state index contributed by atoms with van der Waals surface area (Å²) in [6.45, 7) is 3.34. The van der Waals surface area contributed by atoms with Crippen molar-refractivity contribution in [3.8, 4) is 0 Å². The van der Waals surface area contributed by atoms with Crippen LogP contribution < -0.4 is 10.9 Å². The molecule has 0 radical (unpaired) electrons. The average Bonchev–Trinajstić information content (AvgIpc) is 3.43. The molecule has 166 valence electrons. The molecule has 1 aliphatic carbocycles. The minimum atomic E-state index is -0.376. The van der Waals surface area contributed by atoms with Crippen molar-refractivity contribution in [2.45, 2.75) is 58.4 Å². The molecule has 0 spiro atoms. The van der Waals surface area contributed by atoms with Gasteiger partial charge >= 0.3 is 5.63 Å². The number of aromatic nitrogens is 2. The van der Waals surface area contributed by atoms with Crippen molar-refractivity contribution in [2.24, 2.45) is 0 Å². The normalized spacial score (nSPS) is 13.5. The minimum Gasteiger partial charge on any atom is -0.461 e. The van der Waals surface area contributed by atoms with Crippen molar-refractivity contribution in [2.75, 3.05) is 6.54 Å². The Morgan fingerprint density at radius 1 is 1.16 bits per heavy atom. The number of hydrogen-bond acceptors (Lipinski definition) is 5. The highest BCUT2D eigenvalue weighted by atomic mass is 16.4. The van der Waals surface area contributed by atoms with Crippen molar-refractivity contribution in [3.63, 3.8) is 0 Å².